The Morgan fingerprint density at radius 2 is 2.00 bits per heavy atom. The molecule has 0 fully saturated rings. The van der Waals surface area contributed by atoms with Crippen LogP contribution in [0, 0.1) is 0 Å². The van der Waals surface area contributed by atoms with E-state index in [0.29, 0.717) is 24.2 Å². The highest BCUT2D eigenvalue weighted by molar-refractivity contribution is 7.09. The molecule has 0 saturated carbocycles. The third-order valence-corrected chi connectivity index (χ3v) is 5.11. The summed E-state index contributed by atoms with van der Waals surface area (Å²) >= 11 is 1.58. The van der Waals surface area contributed by atoms with Crippen molar-refractivity contribution in [1.82, 2.24) is 14.7 Å². The molecule has 4 rings (SSSR count). The molecule has 0 radical (unpaired) electrons. The summed E-state index contributed by atoms with van der Waals surface area (Å²) in [6, 6.07) is 14.8. The number of amides is 1. The van der Waals surface area contributed by atoms with E-state index in [4.69, 9.17) is 4.42 Å². The van der Waals surface area contributed by atoms with Crippen LogP contribution in [0.5, 0.6) is 0 Å². The summed E-state index contributed by atoms with van der Waals surface area (Å²) in [5.74, 6) is 0.503. The van der Waals surface area contributed by atoms with Crippen molar-refractivity contribution in [2.24, 2.45) is 0 Å². The van der Waals surface area contributed by atoms with Gasteiger partial charge in [0.2, 0.25) is 5.91 Å². The van der Waals surface area contributed by atoms with Crippen molar-refractivity contribution in [2.75, 3.05) is 0 Å². The first-order valence-electron chi connectivity index (χ1n) is 8.48. The van der Waals surface area contributed by atoms with Crippen LogP contribution >= 0.6 is 11.3 Å². The molecule has 7 heteroatoms. The molecule has 6 nitrogen and oxygen atoms in total. The van der Waals surface area contributed by atoms with Crippen molar-refractivity contribution >= 4 is 28.0 Å². The maximum Gasteiger partial charge on any atom is 0.275 e. The normalized spacial score (nSPS) is 11.0. The molecule has 3 aromatic heterocycles. The third kappa shape index (κ3) is 3.83. The highest BCUT2D eigenvalue weighted by Crippen LogP contribution is 2.15. The minimum absolute atomic E-state index is 0.115. The van der Waals surface area contributed by atoms with E-state index in [0.717, 1.165) is 10.3 Å². The van der Waals surface area contributed by atoms with Gasteiger partial charge in [0.1, 0.15) is 12.3 Å². The van der Waals surface area contributed by atoms with Gasteiger partial charge in [-0.05, 0) is 29.6 Å². The second kappa shape index (κ2) is 7.59. The van der Waals surface area contributed by atoms with E-state index in [9.17, 15) is 9.59 Å². The van der Waals surface area contributed by atoms with Gasteiger partial charge in [-0.2, -0.15) is 5.10 Å². The fraction of sp³-hybridized carbons (Fsp3) is 0.150. The Labute approximate surface area is 159 Å². The standard InChI is InChI=1S/C20H17N3O3S/c24-19(14-23-20(25)18-8-2-1-5-15(18)11-21-23)22(12-16-6-3-9-26-16)13-17-7-4-10-27-17/h1-11H,12-14H2. The average molecular weight is 379 g/mol. The first-order valence-corrected chi connectivity index (χ1v) is 9.36. The number of nitrogens with zero attached hydrogens (tertiary/aromatic N) is 3. The lowest BCUT2D eigenvalue weighted by molar-refractivity contribution is -0.133. The summed E-state index contributed by atoms with van der Waals surface area (Å²) in [6.45, 7) is 0.682. The van der Waals surface area contributed by atoms with Gasteiger partial charge in [0, 0.05) is 10.3 Å². The van der Waals surface area contributed by atoms with Crippen LogP contribution in [0.15, 0.2) is 75.6 Å². The largest absolute Gasteiger partial charge is 0.467 e. The molecule has 1 amide bonds. The van der Waals surface area contributed by atoms with Gasteiger partial charge in [-0.15, -0.1) is 11.3 Å². The molecular weight excluding hydrogens is 362 g/mol. The summed E-state index contributed by atoms with van der Waals surface area (Å²) < 4.78 is 6.61. The maximum atomic E-state index is 12.9. The van der Waals surface area contributed by atoms with E-state index in [1.807, 2.05) is 35.7 Å². The smallest absolute Gasteiger partial charge is 0.275 e. The molecule has 0 atom stereocenters. The van der Waals surface area contributed by atoms with Gasteiger partial charge in [0.05, 0.1) is 30.9 Å². The Bertz CT molecular complexity index is 1060. The summed E-state index contributed by atoms with van der Waals surface area (Å²) in [6.07, 6.45) is 3.19. The predicted octanol–water partition coefficient (Wildman–Crippen LogP) is 3.28. The molecule has 3 heterocycles. The minimum Gasteiger partial charge on any atom is -0.467 e. The number of carbonyl (C=O) groups excluding carboxylic acids is 1. The number of aromatic nitrogens is 2. The zero-order valence-electron chi connectivity index (χ0n) is 14.4. The first kappa shape index (κ1) is 17.2. The van der Waals surface area contributed by atoms with E-state index in [1.165, 1.54) is 4.68 Å². The van der Waals surface area contributed by atoms with Crippen molar-refractivity contribution in [3.8, 4) is 0 Å². The summed E-state index contributed by atoms with van der Waals surface area (Å²) in [4.78, 5) is 28.3. The monoisotopic (exact) mass is 379 g/mol. The van der Waals surface area contributed by atoms with E-state index >= 15 is 0 Å². The predicted molar refractivity (Wildman–Crippen MR) is 103 cm³/mol. The van der Waals surface area contributed by atoms with Crippen molar-refractivity contribution in [2.45, 2.75) is 19.6 Å². The highest BCUT2D eigenvalue weighted by Gasteiger charge is 2.18. The molecule has 1 aromatic carbocycles. The Morgan fingerprint density at radius 3 is 2.78 bits per heavy atom. The molecule has 0 aliphatic heterocycles. The quantitative estimate of drug-likeness (QED) is 0.516. The lowest BCUT2D eigenvalue weighted by Crippen LogP contribution is -2.36. The van der Waals surface area contributed by atoms with Crippen LogP contribution in [0.25, 0.3) is 10.8 Å². The molecule has 0 unspecified atom stereocenters. The fourth-order valence-corrected chi connectivity index (χ4v) is 3.60. The molecule has 0 bridgehead atoms. The Hall–Kier alpha value is -3.19. The zero-order valence-corrected chi connectivity index (χ0v) is 15.3. The summed E-state index contributed by atoms with van der Waals surface area (Å²) in [5.41, 5.74) is -0.268. The SMILES string of the molecule is O=C(Cn1ncc2ccccc2c1=O)N(Cc1ccco1)Cc1cccs1. The van der Waals surface area contributed by atoms with E-state index in [2.05, 4.69) is 5.10 Å². The molecule has 0 spiro atoms. The van der Waals surface area contributed by atoms with Crippen LogP contribution in [0.1, 0.15) is 10.6 Å². The van der Waals surface area contributed by atoms with Gasteiger partial charge in [-0.3, -0.25) is 9.59 Å². The molecular formula is C20H17N3O3S. The van der Waals surface area contributed by atoms with E-state index in [1.54, 1.807) is 46.9 Å². The van der Waals surface area contributed by atoms with Crippen LogP contribution in [-0.4, -0.2) is 20.6 Å². The maximum absolute atomic E-state index is 12.9. The van der Waals surface area contributed by atoms with Crippen molar-refractivity contribution in [3.05, 3.63) is 87.4 Å². The van der Waals surface area contributed by atoms with Crippen LogP contribution in [0.3, 0.4) is 0 Å². The van der Waals surface area contributed by atoms with Gasteiger partial charge < -0.3 is 9.32 Å². The second-order valence-corrected chi connectivity index (χ2v) is 7.14. The molecule has 0 aliphatic carbocycles. The van der Waals surface area contributed by atoms with Crippen molar-refractivity contribution in [3.63, 3.8) is 0 Å². The Morgan fingerprint density at radius 1 is 1.11 bits per heavy atom. The lowest BCUT2D eigenvalue weighted by atomic mass is 10.2. The molecule has 0 N–H and O–H groups in total. The molecule has 136 valence electrons. The van der Waals surface area contributed by atoms with Crippen LogP contribution in [-0.2, 0) is 24.4 Å². The van der Waals surface area contributed by atoms with Gasteiger partial charge in [0.25, 0.3) is 5.56 Å². The number of thiophene rings is 1. The fourth-order valence-electron chi connectivity index (χ4n) is 2.88. The van der Waals surface area contributed by atoms with Gasteiger partial charge in [-0.25, -0.2) is 4.68 Å². The topological polar surface area (TPSA) is 68.3 Å². The summed E-state index contributed by atoms with van der Waals surface area (Å²) in [5, 5.41) is 7.44. The number of furan rings is 1. The molecule has 27 heavy (non-hydrogen) atoms. The Balaban J connectivity index is 1.59. The van der Waals surface area contributed by atoms with E-state index < -0.39 is 0 Å². The van der Waals surface area contributed by atoms with Crippen LogP contribution in [0.4, 0.5) is 0 Å². The lowest BCUT2D eigenvalue weighted by Gasteiger charge is -2.21. The number of fused-ring (bicyclic) bond motifs is 1. The van der Waals surface area contributed by atoms with Gasteiger partial charge in [0.15, 0.2) is 0 Å². The number of hydrogen-bond acceptors (Lipinski definition) is 5. The molecule has 0 aliphatic rings. The number of carbonyl (C=O) groups is 1. The van der Waals surface area contributed by atoms with E-state index in [-0.39, 0.29) is 18.0 Å². The molecule has 0 saturated heterocycles. The first-order chi connectivity index (χ1) is 13.2. The highest BCUT2D eigenvalue weighted by atomic mass is 32.1. The Kier molecular flexibility index (Phi) is 4.84. The number of hydrogen-bond donors (Lipinski definition) is 0. The van der Waals surface area contributed by atoms with Crippen molar-refractivity contribution in [1.29, 1.82) is 0 Å². The van der Waals surface area contributed by atoms with Gasteiger partial charge in [-0.1, -0.05) is 24.3 Å². The average Bonchev–Trinajstić information content (AvgIpc) is 3.38. The second-order valence-electron chi connectivity index (χ2n) is 6.10. The van der Waals surface area contributed by atoms with Crippen LogP contribution < -0.4 is 5.56 Å². The molecule has 4 aromatic rings. The number of rotatable bonds is 6. The summed E-state index contributed by atoms with van der Waals surface area (Å²) in [7, 11) is 0. The van der Waals surface area contributed by atoms with Crippen molar-refractivity contribution < 1.29 is 9.21 Å². The van der Waals surface area contributed by atoms with Crippen LogP contribution in [0.2, 0.25) is 0 Å². The zero-order chi connectivity index (χ0) is 18.6. The van der Waals surface area contributed by atoms with Gasteiger partial charge >= 0.3 is 0 Å². The number of benzene rings is 1. The minimum atomic E-state index is -0.268. The third-order valence-electron chi connectivity index (χ3n) is 4.25.